The highest BCUT2D eigenvalue weighted by atomic mass is 16.5. The quantitative estimate of drug-likeness (QED) is 0.487. The number of hydrogen-bond acceptors (Lipinski definition) is 2. The molecule has 0 unspecified atom stereocenters. The molecule has 1 aliphatic rings. The fourth-order valence-corrected chi connectivity index (χ4v) is 4.08. The van der Waals surface area contributed by atoms with Crippen LogP contribution in [-0.4, -0.2) is 4.98 Å². The zero-order valence-electron chi connectivity index (χ0n) is 16.7. The van der Waals surface area contributed by atoms with Gasteiger partial charge in [-0.15, -0.1) is 0 Å². The van der Waals surface area contributed by atoms with Crippen LogP contribution in [0.4, 0.5) is 0 Å². The lowest BCUT2D eigenvalue weighted by Crippen LogP contribution is -2.10. The molecule has 2 heteroatoms. The molecule has 3 aromatic rings. The van der Waals surface area contributed by atoms with Crippen molar-refractivity contribution < 1.29 is 4.74 Å². The summed E-state index contributed by atoms with van der Waals surface area (Å²) in [5.41, 5.74) is 2.67. The maximum Gasteiger partial charge on any atom is 0.220 e. The highest BCUT2D eigenvalue weighted by molar-refractivity contribution is 5.86. The minimum absolute atomic E-state index is 0.147. The number of nitrogens with zero attached hydrogens (tertiary/aromatic N) is 1. The van der Waals surface area contributed by atoms with E-state index in [0.717, 1.165) is 5.75 Å². The number of pyridine rings is 1. The van der Waals surface area contributed by atoms with E-state index in [-0.39, 0.29) is 5.41 Å². The summed E-state index contributed by atoms with van der Waals surface area (Å²) in [6.07, 6.45) is 6.44. The van der Waals surface area contributed by atoms with E-state index in [1.54, 1.807) is 0 Å². The van der Waals surface area contributed by atoms with Crippen molar-refractivity contribution in [2.45, 2.75) is 64.2 Å². The van der Waals surface area contributed by atoms with E-state index in [1.165, 1.54) is 54.1 Å². The molecule has 0 bridgehead atoms. The van der Waals surface area contributed by atoms with Crippen LogP contribution in [0.5, 0.6) is 11.6 Å². The maximum atomic E-state index is 6.17. The van der Waals surface area contributed by atoms with E-state index in [1.807, 2.05) is 0 Å². The van der Waals surface area contributed by atoms with Gasteiger partial charge in [0.1, 0.15) is 5.75 Å². The Morgan fingerprint density at radius 2 is 1.59 bits per heavy atom. The number of benzene rings is 2. The Bertz CT molecular complexity index is 915. The fourth-order valence-electron chi connectivity index (χ4n) is 4.08. The van der Waals surface area contributed by atoms with Gasteiger partial charge in [-0.25, -0.2) is 4.98 Å². The van der Waals surface area contributed by atoms with Crippen LogP contribution in [0.3, 0.4) is 0 Å². The van der Waals surface area contributed by atoms with Crippen molar-refractivity contribution in [2.24, 2.45) is 0 Å². The molecule has 1 aliphatic carbocycles. The molecule has 2 nitrogen and oxygen atoms in total. The van der Waals surface area contributed by atoms with Crippen LogP contribution in [-0.2, 0) is 5.41 Å². The first-order valence-electron chi connectivity index (χ1n) is 10.2. The van der Waals surface area contributed by atoms with Crippen LogP contribution in [0.1, 0.15) is 70.1 Å². The molecule has 0 atom stereocenters. The van der Waals surface area contributed by atoms with Crippen molar-refractivity contribution in [3.05, 3.63) is 65.9 Å². The fraction of sp³-hybridized carbons (Fsp3) is 0.400. The number of rotatable bonds is 3. The normalized spacial score (nSPS) is 15.8. The summed E-state index contributed by atoms with van der Waals surface area (Å²) in [6.45, 7) is 6.68. The van der Waals surface area contributed by atoms with Gasteiger partial charge in [0, 0.05) is 17.4 Å². The van der Waals surface area contributed by atoms with Crippen LogP contribution in [0.25, 0.3) is 10.8 Å². The van der Waals surface area contributed by atoms with E-state index in [0.29, 0.717) is 11.8 Å². The third kappa shape index (κ3) is 4.00. The Hall–Kier alpha value is -2.35. The number of aromatic nitrogens is 1. The molecule has 0 N–H and O–H groups in total. The Morgan fingerprint density at radius 3 is 2.30 bits per heavy atom. The van der Waals surface area contributed by atoms with Crippen LogP contribution >= 0.6 is 0 Å². The van der Waals surface area contributed by atoms with Crippen LogP contribution < -0.4 is 4.74 Å². The van der Waals surface area contributed by atoms with Gasteiger partial charge in [-0.3, -0.25) is 0 Å². The van der Waals surface area contributed by atoms with E-state index in [9.17, 15) is 0 Å². The Balaban J connectivity index is 1.67. The molecule has 27 heavy (non-hydrogen) atoms. The SMILES string of the molecule is CC(C)(C)c1ccc(Oc2cc3ccccc3c(C3CCCCC3)n2)cc1. The molecule has 4 rings (SSSR count). The second-order valence-electron chi connectivity index (χ2n) is 8.78. The van der Waals surface area contributed by atoms with Gasteiger partial charge in [0.25, 0.3) is 0 Å². The predicted molar refractivity (Wildman–Crippen MR) is 113 cm³/mol. The third-order valence-electron chi connectivity index (χ3n) is 5.68. The molecular weight excluding hydrogens is 330 g/mol. The molecular formula is C25H29NO. The Kier molecular flexibility index (Phi) is 4.90. The van der Waals surface area contributed by atoms with Gasteiger partial charge in [-0.2, -0.15) is 0 Å². The van der Waals surface area contributed by atoms with Gasteiger partial charge in [0.05, 0.1) is 5.69 Å². The monoisotopic (exact) mass is 359 g/mol. The van der Waals surface area contributed by atoms with Gasteiger partial charge in [0.15, 0.2) is 0 Å². The van der Waals surface area contributed by atoms with Gasteiger partial charge in [0.2, 0.25) is 5.88 Å². The van der Waals surface area contributed by atoms with Crippen molar-refractivity contribution in [3.8, 4) is 11.6 Å². The first kappa shape index (κ1) is 18.0. The minimum Gasteiger partial charge on any atom is -0.439 e. The lowest BCUT2D eigenvalue weighted by atomic mass is 9.85. The van der Waals surface area contributed by atoms with Gasteiger partial charge >= 0.3 is 0 Å². The Labute approximate surface area is 162 Å². The second-order valence-corrected chi connectivity index (χ2v) is 8.78. The maximum absolute atomic E-state index is 6.17. The molecule has 0 amide bonds. The lowest BCUT2D eigenvalue weighted by molar-refractivity contribution is 0.425. The van der Waals surface area contributed by atoms with Crippen LogP contribution in [0, 0.1) is 0 Å². The second kappa shape index (κ2) is 7.34. The molecule has 1 saturated carbocycles. The molecule has 1 aromatic heterocycles. The largest absolute Gasteiger partial charge is 0.439 e. The van der Waals surface area contributed by atoms with Crippen molar-refractivity contribution in [1.29, 1.82) is 0 Å². The summed E-state index contributed by atoms with van der Waals surface area (Å²) in [5, 5.41) is 2.49. The Morgan fingerprint density at radius 1 is 0.889 bits per heavy atom. The predicted octanol–water partition coefficient (Wildman–Crippen LogP) is 7.37. The van der Waals surface area contributed by atoms with Gasteiger partial charge in [-0.1, -0.05) is 76.4 Å². The zero-order chi connectivity index (χ0) is 18.9. The smallest absolute Gasteiger partial charge is 0.220 e. The summed E-state index contributed by atoms with van der Waals surface area (Å²) in [6, 6.07) is 19.1. The van der Waals surface area contributed by atoms with Crippen molar-refractivity contribution in [2.75, 3.05) is 0 Å². The molecule has 1 heterocycles. The molecule has 140 valence electrons. The number of ether oxygens (including phenoxy) is 1. The summed E-state index contributed by atoms with van der Waals surface area (Å²) in [7, 11) is 0. The van der Waals surface area contributed by atoms with E-state index in [4.69, 9.17) is 9.72 Å². The highest BCUT2D eigenvalue weighted by Gasteiger charge is 2.20. The summed E-state index contributed by atoms with van der Waals surface area (Å²) in [4.78, 5) is 4.97. The van der Waals surface area contributed by atoms with E-state index >= 15 is 0 Å². The van der Waals surface area contributed by atoms with Gasteiger partial charge < -0.3 is 4.74 Å². The molecule has 0 spiro atoms. The minimum atomic E-state index is 0.147. The highest BCUT2D eigenvalue weighted by Crippen LogP contribution is 2.37. The molecule has 0 radical (unpaired) electrons. The average molecular weight is 360 g/mol. The third-order valence-corrected chi connectivity index (χ3v) is 5.68. The van der Waals surface area contributed by atoms with Crippen LogP contribution in [0.15, 0.2) is 54.6 Å². The summed E-state index contributed by atoms with van der Waals surface area (Å²) < 4.78 is 6.17. The lowest BCUT2D eigenvalue weighted by Gasteiger charge is -2.23. The molecule has 0 aliphatic heterocycles. The van der Waals surface area contributed by atoms with Crippen molar-refractivity contribution in [1.82, 2.24) is 4.98 Å². The van der Waals surface area contributed by atoms with Crippen molar-refractivity contribution in [3.63, 3.8) is 0 Å². The zero-order valence-corrected chi connectivity index (χ0v) is 16.7. The molecule has 1 fully saturated rings. The summed E-state index contributed by atoms with van der Waals surface area (Å²) >= 11 is 0. The van der Waals surface area contributed by atoms with E-state index < -0.39 is 0 Å². The average Bonchev–Trinajstić information content (AvgIpc) is 2.68. The topological polar surface area (TPSA) is 22.1 Å². The van der Waals surface area contributed by atoms with Crippen LogP contribution in [0.2, 0.25) is 0 Å². The number of hydrogen-bond donors (Lipinski definition) is 0. The van der Waals surface area contributed by atoms with E-state index in [2.05, 4.69) is 75.4 Å². The first-order chi connectivity index (χ1) is 13.0. The standard InChI is InChI=1S/C25H29NO/c1-25(2,3)20-13-15-21(16-14-20)27-23-17-19-11-7-8-12-22(19)24(26-23)18-9-5-4-6-10-18/h7-8,11-18H,4-6,9-10H2,1-3H3. The first-order valence-corrected chi connectivity index (χ1v) is 10.2. The molecule has 0 saturated heterocycles. The van der Waals surface area contributed by atoms with Crippen molar-refractivity contribution >= 4 is 10.8 Å². The summed E-state index contributed by atoms with van der Waals surface area (Å²) in [5.74, 6) is 2.11. The molecule has 2 aromatic carbocycles. The van der Waals surface area contributed by atoms with Gasteiger partial charge in [-0.05, 0) is 41.3 Å². The number of fused-ring (bicyclic) bond motifs is 1.